The van der Waals surface area contributed by atoms with E-state index in [1.165, 1.54) is 6.42 Å². The van der Waals surface area contributed by atoms with Gasteiger partial charge in [-0.1, -0.05) is 55.7 Å². The van der Waals surface area contributed by atoms with E-state index in [0.717, 1.165) is 36.6 Å². The normalized spacial score (nSPS) is 17.4. The van der Waals surface area contributed by atoms with Crippen molar-refractivity contribution < 1.29 is 13.0 Å². The van der Waals surface area contributed by atoms with Gasteiger partial charge in [0.25, 0.3) is 10.1 Å². The lowest BCUT2D eigenvalue weighted by atomic mass is 9.83. The van der Waals surface area contributed by atoms with E-state index in [4.69, 9.17) is 0 Å². The summed E-state index contributed by atoms with van der Waals surface area (Å²) < 4.78 is 33.4. The van der Waals surface area contributed by atoms with Gasteiger partial charge >= 0.3 is 0 Å². The topological polar surface area (TPSA) is 54.4 Å². The van der Waals surface area contributed by atoms with Crippen LogP contribution in [0.4, 0.5) is 0 Å². The van der Waals surface area contributed by atoms with E-state index in [0.29, 0.717) is 5.39 Å². The molecule has 0 spiro atoms. The van der Waals surface area contributed by atoms with Gasteiger partial charge in [0.15, 0.2) is 0 Å². The molecule has 2 aromatic carbocycles. The third-order valence-corrected chi connectivity index (χ3v) is 5.18. The van der Waals surface area contributed by atoms with E-state index >= 15 is 0 Å². The first-order valence-corrected chi connectivity index (χ1v) is 8.50. The van der Waals surface area contributed by atoms with Crippen LogP contribution in [0.25, 0.3) is 10.8 Å². The fourth-order valence-corrected chi connectivity index (χ4v) is 4.28. The Morgan fingerprint density at radius 2 is 1.65 bits per heavy atom. The first-order valence-electron chi connectivity index (χ1n) is 7.06. The van der Waals surface area contributed by atoms with Crippen LogP contribution >= 0.6 is 0 Å². The highest BCUT2D eigenvalue weighted by Gasteiger charge is 2.25. The standard InChI is InChI=1S/C16H18O3S/c17-20(18,19)16-14-9-5-4-8-13(14)10-11-15(16)12-6-2-1-3-7-12/h4-5,8-12H,1-3,6-7H2,(H,17,18,19). The van der Waals surface area contributed by atoms with Crippen LogP contribution in [0.1, 0.15) is 43.6 Å². The molecule has 1 fully saturated rings. The molecule has 0 amide bonds. The molecule has 0 aliphatic heterocycles. The van der Waals surface area contributed by atoms with Crippen LogP contribution < -0.4 is 0 Å². The molecule has 1 aliphatic rings. The average Bonchev–Trinajstić information content (AvgIpc) is 2.46. The molecule has 2 aromatic rings. The van der Waals surface area contributed by atoms with Crippen LogP contribution in [0.5, 0.6) is 0 Å². The Labute approximate surface area is 119 Å². The van der Waals surface area contributed by atoms with Gasteiger partial charge in [-0.25, -0.2) is 0 Å². The molecule has 0 aromatic heterocycles. The zero-order valence-corrected chi connectivity index (χ0v) is 12.1. The van der Waals surface area contributed by atoms with Gasteiger partial charge in [0.2, 0.25) is 0 Å². The lowest BCUT2D eigenvalue weighted by Crippen LogP contribution is -2.11. The Kier molecular flexibility index (Phi) is 3.52. The number of hydrogen-bond acceptors (Lipinski definition) is 2. The fraction of sp³-hybridized carbons (Fsp3) is 0.375. The maximum atomic E-state index is 11.9. The van der Waals surface area contributed by atoms with E-state index in [9.17, 15) is 13.0 Å². The summed E-state index contributed by atoms with van der Waals surface area (Å²) >= 11 is 0. The molecule has 3 rings (SSSR count). The molecule has 1 saturated carbocycles. The Bertz CT molecular complexity index is 728. The van der Waals surface area contributed by atoms with E-state index in [2.05, 4.69) is 0 Å². The van der Waals surface area contributed by atoms with E-state index < -0.39 is 10.1 Å². The van der Waals surface area contributed by atoms with Crippen LogP contribution in [0.3, 0.4) is 0 Å². The van der Waals surface area contributed by atoms with E-state index in [1.807, 2.05) is 30.3 Å². The van der Waals surface area contributed by atoms with Crippen molar-refractivity contribution in [3.63, 3.8) is 0 Å². The van der Waals surface area contributed by atoms with Crippen molar-refractivity contribution in [3.05, 3.63) is 42.0 Å². The highest BCUT2D eigenvalue weighted by molar-refractivity contribution is 7.86. The molecule has 3 nitrogen and oxygen atoms in total. The monoisotopic (exact) mass is 290 g/mol. The summed E-state index contributed by atoms with van der Waals surface area (Å²) in [6.45, 7) is 0. The first kappa shape index (κ1) is 13.6. The molecule has 106 valence electrons. The summed E-state index contributed by atoms with van der Waals surface area (Å²) in [5.74, 6) is 0.241. The molecule has 1 aliphatic carbocycles. The van der Waals surface area contributed by atoms with Crippen molar-refractivity contribution in [1.29, 1.82) is 0 Å². The smallest absolute Gasteiger partial charge is 0.282 e. The van der Waals surface area contributed by atoms with Crippen LogP contribution in [0.2, 0.25) is 0 Å². The quantitative estimate of drug-likeness (QED) is 0.846. The highest BCUT2D eigenvalue weighted by Crippen LogP contribution is 2.38. The Balaban J connectivity index is 2.26. The molecule has 1 N–H and O–H groups in total. The minimum atomic E-state index is -4.21. The second-order valence-corrected chi connectivity index (χ2v) is 6.87. The van der Waals surface area contributed by atoms with Gasteiger partial charge in [-0.15, -0.1) is 0 Å². The summed E-state index contributed by atoms with van der Waals surface area (Å²) in [5.41, 5.74) is 0.783. The highest BCUT2D eigenvalue weighted by atomic mass is 32.2. The minimum Gasteiger partial charge on any atom is -0.282 e. The maximum absolute atomic E-state index is 11.9. The summed E-state index contributed by atoms with van der Waals surface area (Å²) in [6, 6.07) is 11.1. The average molecular weight is 290 g/mol. The number of rotatable bonds is 2. The Morgan fingerprint density at radius 1 is 0.950 bits per heavy atom. The van der Waals surface area contributed by atoms with Gasteiger partial charge in [-0.05, 0) is 29.7 Å². The zero-order chi connectivity index (χ0) is 14.2. The number of fused-ring (bicyclic) bond motifs is 1. The number of hydrogen-bond donors (Lipinski definition) is 1. The summed E-state index contributed by atoms with van der Waals surface area (Å²) in [5, 5.41) is 1.47. The van der Waals surface area contributed by atoms with Crippen LogP contribution in [-0.4, -0.2) is 13.0 Å². The van der Waals surface area contributed by atoms with Gasteiger partial charge in [0.1, 0.15) is 4.90 Å². The van der Waals surface area contributed by atoms with E-state index in [-0.39, 0.29) is 10.8 Å². The Morgan fingerprint density at radius 3 is 2.35 bits per heavy atom. The summed E-state index contributed by atoms with van der Waals surface area (Å²) in [7, 11) is -4.21. The van der Waals surface area contributed by atoms with Gasteiger partial charge < -0.3 is 0 Å². The summed E-state index contributed by atoms with van der Waals surface area (Å²) in [4.78, 5) is 0.113. The molecule has 0 atom stereocenters. The van der Waals surface area contributed by atoms with E-state index in [1.54, 1.807) is 6.07 Å². The predicted octanol–water partition coefficient (Wildman–Crippen LogP) is 4.13. The molecule has 0 saturated heterocycles. The third-order valence-electron chi connectivity index (χ3n) is 4.21. The molecular weight excluding hydrogens is 272 g/mol. The number of benzene rings is 2. The lowest BCUT2D eigenvalue weighted by Gasteiger charge is -2.24. The first-order chi connectivity index (χ1) is 9.57. The van der Waals surface area contributed by atoms with Crippen molar-refractivity contribution in [2.45, 2.75) is 42.9 Å². The van der Waals surface area contributed by atoms with Crippen LogP contribution in [0.15, 0.2) is 41.3 Å². The van der Waals surface area contributed by atoms with Gasteiger partial charge in [-0.3, -0.25) is 4.55 Å². The summed E-state index contributed by atoms with van der Waals surface area (Å²) in [6.07, 6.45) is 5.47. The van der Waals surface area contributed by atoms with Gasteiger partial charge in [0.05, 0.1) is 0 Å². The Hall–Kier alpha value is -1.39. The zero-order valence-electron chi connectivity index (χ0n) is 11.2. The van der Waals surface area contributed by atoms with Crippen molar-refractivity contribution in [2.75, 3.05) is 0 Å². The van der Waals surface area contributed by atoms with Gasteiger partial charge in [0, 0.05) is 5.39 Å². The van der Waals surface area contributed by atoms with Crippen molar-refractivity contribution >= 4 is 20.9 Å². The fourth-order valence-electron chi connectivity index (χ4n) is 3.28. The largest absolute Gasteiger partial charge is 0.295 e. The lowest BCUT2D eigenvalue weighted by molar-refractivity contribution is 0.435. The molecule has 0 heterocycles. The maximum Gasteiger partial charge on any atom is 0.295 e. The minimum absolute atomic E-state index is 0.113. The predicted molar refractivity (Wildman–Crippen MR) is 79.6 cm³/mol. The third kappa shape index (κ3) is 2.45. The molecule has 4 heteroatoms. The molecule has 0 bridgehead atoms. The molecule has 0 radical (unpaired) electrons. The molecule has 0 unspecified atom stereocenters. The molecule has 20 heavy (non-hydrogen) atoms. The second kappa shape index (κ2) is 5.19. The second-order valence-electron chi connectivity index (χ2n) is 5.52. The molecular formula is C16H18O3S. The van der Waals surface area contributed by atoms with Gasteiger partial charge in [-0.2, -0.15) is 8.42 Å². The SMILES string of the molecule is O=S(=O)(O)c1c(C2CCCCC2)ccc2ccccc12. The van der Waals surface area contributed by atoms with Crippen molar-refractivity contribution in [1.82, 2.24) is 0 Å². The van der Waals surface area contributed by atoms with Crippen molar-refractivity contribution in [3.8, 4) is 0 Å². The van der Waals surface area contributed by atoms with Crippen molar-refractivity contribution in [2.24, 2.45) is 0 Å². The van der Waals surface area contributed by atoms with Crippen LogP contribution in [0, 0.1) is 0 Å². The van der Waals surface area contributed by atoms with Crippen LogP contribution in [-0.2, 0) is 10.1 Å².